The van der Waals surface area contributed by atoms with E-state index in [1.807, 2.05) is 38.1 Å². The van der Waals surface area contributed by atoms with Gasteiger partial charge in [0.25, 0.3) is 0 Å². The molecule has 0 saturated heterocycles. The molecule has 0 spiro atoms. The molecule has 0 amide bonds. The molecule has 2 rings (SSSR count). The van der Waals surface area contributed by atoms with E-state index in [1.165, 1.54) is 11.8 Å². The fourth-order valence-electron chi connectivity index (χ4n) is 1.69. The van der Waals surface area contributed by atoms with Crippen molar-refractivity contribution in [2.45, 2.75) is 24.6 Å². The van der Waals surface area contributed by atoms with Gasteiger partial charge in [-0.05, 0) is 31.5 Å². The number of hydrogen-bond donors (Lipinski definition) is 0. The lowest BCUT2D eigenvalue weighted by Gasteiger charge is -2.06. The van der Waals surface area contributed by atoms with Gasteiger partial charge in [-0.25, -0.2) is 9.97 Å². The monoisotopic (exact) mass is 289 g/mol. The maximum absolute atomic E-state index is 9.17. The molecule has 0 aliphatic heterocycles. The van der Waals surface area contributed by atoms with Crippen molar-refractivity contribution in [3.05, 3.63) is 51.9 Å². The third kappa shape index (κ3) is 3.46. The van der Waals surface area contributed by atoms with Crippen molar-refractivity contribution < 1.29 is 0 Å². The average Bonchev–Trinajstić information content (AvgIpc) is 2.36. The third-order valence-corrected chi connectivity index (χ3v) is 3.83. The lowest BCUT2D eigenvalue weighted by atomic mass is 10.2. The highest BCUT2D eigenvalue weighted by Crippen LogP contribution is 2.26. The standard InChI is InChI=1S/C14H12ClN3S/c1-9-13(7-16)14(18-10(2)17-9)19-8-11-4-3-5-12(15)6-11/h3-6H,8H2,1-2H3. The molecule has 2 aromatic rings. The van der Waals surface area contributed by atoms with Gasteiger partial charge in [0.05, 0.1) is 5.69 Å². The summed E-state index contributed by atoms with van der Waals surface area (Å²) in [5, 5.41) is 10.6. The number of halogens is 1. The molecule has 1 heterocycles. The highest BCUT2D eigenvalue weighted by atomic mass is 35.5. The first-order valence-electron chi connectivity index (χ1n) is 5.72. The predicted octanol–water partition coefficient (Wildman–Crippen LogP) is 3.91. The van der Waals surface area contributed by atoms with Crippen molar-refractivity contribution in [1.82, 2.24) is 9.97 Å². The number of rotatable bonds is 3. The Morgan fingerprint density at radius 3 is 2.79 bits per heavy atom. The van der Waals surface area contributed by atoms with Gasteiger partial charge in [-0.1, -0.05) is 23.7 Å². The van der Waals surface area contributed by atoms with E-state index < -0.39 is 0 Å². The van der Waals surface area contributed by atoms with Crippen molar-refractivity contribution in [1.29, 1.82) is 5.26 Å². The van der Waals surface area contributed by atoms with Crippen LogP contribution in [0.5, 0.6) is 0 Å². The van der Waals surface area contributed by atoms with Crippen LogP contribution in [0.4, 0.5) is 0 Å². The third-order valence-electron chi connectivity index (χ3n) is 2.54. The van der Waals surface area contributed by atoms with Crippen molar-refractivity contribution in [3.8, 4) is 6.07 Å². The van der Waals surface area contributed by atoms with Crippen LogP contribution in [-0.2, 0) is 5.75 Å². The van der Waals surface area contributed by atoms with Gasteiger partial charge in [0.2, 0.25) is 0 Å². The van der Waals surface area contributed by atoms with Crippen molar-refractivity contribution >= 4 is 23.4 Å². The highest BCUT2D eigenvalue weighted by molar-refractivity contribution is 7.98. The Balaban J connectivity index is 2.22. The molecule has 0 bridgehead atoms. The second-order valence-corrected chi connectivity index (χ2v) is 5.47. The molecule has 0 unspecified atom stereocenters. The van der Waals surface area contributed by atoms with Gasteiger partial charge in [-0.3, -0.25) is 0 Å². The minimum atomic E-state index is 0.553. The Kier molecular flexibility index (Phi) is 4.41. The molecule has 1 aromatic heterocycles. The zero-order valence-corrected chi connectivity index (χ0v) is 12.2. The van der Waals surface area contributed by atoms with Gasteiger partial charge in [0, 0.05) is 10.8 Å². The average molecular weight is 290 g/mol. The van der Waals surface area contributed by atoms with Gasteiger partial charge >= 0.3 is 0 Å². The van der Waals surface area contributed by atoms with Crippen LogP contribution in [0.3, 0.4) is 0 Å². The van der Waals surface area contributed by atoms with E-state index in [0.29, 0.717) is 16.4 Å². The van der Waals surface area contributed by atoms with Crippen LogP contribution in [0.15, 0.2) is 29.3 Å². The summed E-state index contributed by atoms with van der Waals surface area (Å²) in [4.78, 5) is 8.54. The number of benzene rings is 1. The van der Waals surface area contributed by atoms with Crippen LogP contribution >= 0.6 is 23.4 Å². The second kappa shape index (κ2) is 6.05. The molecule has 0 radical (unpaired) electrons. The number of hydrogen-bond acceptors (Lipinski definition) is 4. The summed E-state index contributed by atoms with van der Waals surface area (Å²) in [7, 11) is 0. The molecule has 5 heteroatoms. The molecule has 0 aliphatic carbocycles. The molecular weight excluding hydrogens is 278 g/mol. The topological polar surface area (TPSA) is 49.6 Å². The van der Waals surface area contributed by atoms with E-state index in [-0.39, 0.29) is 0 Å². The molecule has 96 valence electrons. The number of nitriles is 1. The van der Waals surface area contributed by atoms with E-state index in [4.69, 9.17) is 16.9 Å². The number of nitrogens with zero attached hydrogens (tertiary/aromatic N) is 3. The molecule has 3 nitrogen and oxygen atoms in total. The quantitative estimate of drug-likeness (QED) is 0.635. The minimum absolute atomic E-state index is 0.553. The Bertz CT molecular complexity index is 650. The smallest absolute Gasteiger partial charge is 0.126 e. The Labute approximate surface area is 121 Å². The van der Waals surface area contributed by atoms with E-state index in [1.54, 1.807) is 0 Å². The number of aromatic nitrogens is 2. The van der Waals surface area contributed by atoms with Crippen molar-refractivity contribution in [2.75, 3.05) is 0 Å². The van der Waals surface area contributed by atoms with Crippen LogP contribution in [0.2, 0.25) is 5.02 Å². The Morgan fingerprint density at radius 1 is 1.32 bits per heavy atom. The first kappa shape index (κ1) is 13.9. The zero-order valence-electron chi connectivity index (χ0n) is 10.6. The van der Waals surface area contributed by atoms with Crippen LogP contribution in [-0.4, -0.2) is 9.97 Å². The summed E-state index contributed by atoms with van der Waals surface area (Å²) >= 11 is 7.48. The predicted molar refractivity (Wildman–Crippen MR) is 77.2 cm³/mol. The molecule has 0 fully saturated rings. The summed E-state index contributed by atoms with van der Waals surface area (Å²) in [5.74, 6) is 1.41. The molecule has 1 aromatic carbocycles. The summed E-state index contributed by atoms with van der Waals surface area (Å²) in [6.07, 6.45) is 0. The SMILES string of the molecule is Cc1nc(C)c(C#N)c(SCc2cccc(Cl)c2)n1. The molecule has 0 atom stereocenters. The van der Waals surface area contributed by atoms with Gasteiger partial charge in [-0.15, -0.1) is 11.8 Å². The Hall–Kier alpha value is -1.57. The zero-order chi connectivity index (χ0) is 13.8. The first-order valence-corrected chi connectivity index (χ1v) is 7.09. The lowest BCUT2D eigenvalue weighted by molar-refractivity contribution is 0.923. The van der Waals surface area contributed by atoms with Crippen molar-refractivity contribution in [3.63, 3.8) is 0 Å². The number of thioether (sulfide) groups is 1. The maximum Gasteiger partial charge on any atom is 0.126 e. The van der Waals surface area contributed by atoms with E-state index in [0.717, 1.165) is 22.0 Å². The van der Waals surface area contributed by atoms with E-state index in [2.05, 4.69) is 16.0 Å². The fraction of sp³-hybridized carbons (Fsp3) is 0.214. The Morgan fingerprint density at radius 2 is 2.11 bits per heavy atom. The van der Waals surface area contributed by atoms with Gasteiger partial charge in [0.1, 0.15) is 22.5 Å². The first-order chi connectivity index (χ1) is 9.10. The fourth-order valence-corrected chi connectivity index (χ4v) is 2.92. The molecule has 0 N–H and O–H groups in total. The molecule has 0 saturated carbocycles. The number of aryl methyl sites for hydroxylation is 2. The van der Waals surface area contributed by atoms with Crippen LogP contribution in [0.25, 0.3) is 0 Å². The summed E-state index contributed by atoms with van der Waals surface area (Å²) in [6.45, 7) is 3.66. The minimum Gasteiger partial charge on any atom is -0.237 e. The van der Waals surface area contributed by atoms with Gasteiger partial charge in [0.15, 0.2) is 0 Å². The largest absolute Gasteiger partial charge is 0.237 e. The van der Waals surface area contributed by atoms with Gasteiger partial charge < -0.3 is 0 Å². The van der Waals surface area contributed by atoms with Crippen LogP contribution in [0, 0.1) is 25.2 Å². The highest BCUT2D eigenvalue weighted by Gasteiger charge is 2.10. The van der Waals surface area contributed by atoms with Crippen LogP contribution < -0.4 is 0 Å². The molecule has 19 heavy (non-hydrogen) atoms. The maximum atomic E-state index is 9.17. The van der Waals surface area contributed by atoms with Crippen molar-refractivity contribution in [2.24, 2.45) is 0 Å². The lowest BCUT2D eigenvalue weighted by Crippen LogP contribution is -1.99. The normalized spacial score (nSPS) is 10.2. The molecule has 0 aliphatic rings. The van der Waals surface area contributed by atoms with E-state index in [9.17, 15) is 0 Å². The van der Waals surface area contributed by atoms with E-state index >= 15 is 0 Å². The van der Waals surface area contributed by atoms with Gasteiger partial charge in [-0.2, -0.15) is 5.26 Å². The van der Waals surface area contributed by atoms with Crippen LogP contribution in [0.1, 0.15) is 22.6 Å². The molecular formula is C14H12ClN3S. The summed E-state index contributed by atoms with van der Waals surface area (Å²) in [5.41, 5.74) is 2.39. The summed E-state index contributed by atoms with van der Waals surface area (Å²) < 4.78 is 0. The second-order valence-electron chi connectivity index (χ2n) is 4.07. The summed E-state index contributed by atoms with van der Waals surface area (Å²) in [6, 6.07) is 9.85.